The minimum atomic E-state index is -0.211. The van der Waals surface area contributed by atoms with Gasteiger partial charge in [0.1, 0.15) is 5.01 Å². The highest BCUT2D eigenvalue weighted by atomic mass is 32.1. The first kappa shape index (κ1) is 19.3. The molecule has 1 fully saturated rings. The molecule has 1 unspecified atom stereocenters. The van der Waals surface area contributed by atoms with Gasteiger partial charge in [0.25, 0.3) is 5.91 Å². The topological polar surface area (TPSA) is 75.2 Å². The van der Waals surface area contributed by atoms with E-state index >= 15 is 0 Å². The zero-order valence-electron chi connectivity index (χ0n) is 16.4. The van der Waals surface area contributed by atoms with Crippen molar-refractivity contribution in [2.75, 3.05) is 16.8 Å². The molecule has 1 saturated heterocycles. The summed E-state index contributed by atoms with van der Waals surface area (Å²) in [5, 5.41) is 12.4. The molecule has 1 N–H and O–H groups in total. The molecule has 0 saturated carbocycles. The van der Waals surface area contributed by atoms with Crippen LogP contribution >= 0.6 is 11.3 Å². The second kappa shape index (κ2) is 8.13. The number of aryl methyl sites for hydroxylation is 2. The molecule has 4 rings (SSSR count). The molecule has 3 aromatic rings. The van der Waals surface area contributed by atoms with Crippen LogP contribution in [0.25, 0.3) is 0 Å². The molecule has 0 radical (unpaired) electrons. The largest absolute Gasteiger partial charge is 0.311 e. The molecule has 7 heteroatoms. The summed E-state index contributed by atoms with van der Waals surface area (Å²) in [5.41, 5.74) is 3.73. The molecule has 1 aliphatic rings. The lowest BCUT2D eigenvalue weighted by Gasteiger charge is -2.19. The van der Waals surface area contributed by atoms with Gasteiger partial charge in [0.05, 0.1) is 0 Å². The number of benzene rings is 2. The predicted molar refractivity (Wildman–Crippen MR) is 115 cm³/mol. The number of amides is 2. The lowest BCUT2D eigenvalue weighted by Crippen LogP contribution is -2.25. The first-order valence-electron chi connectivity index (χ1n) is 9.65. The summed E-state index contributed by atoms with van der Waals surface area (Å²) >= 11 is 1.33. The lowest BCUT2D eigenvalue weighted by molar-refractivity contribution is -0.117. The van der Waals surface area contributed by atoms with Crippen molar-refractivity contribution < 1.29 is 9.59 Å². The Morgan fingerprint density at radius 3 is 2.83 bits per heavy atom. The fourth-order valence-electron chi connectivity index (χ4n) is 3.58. The number of carbonyl (C=O) groups is 2. The van der Waals surface area contributed by atoms with Crippen LogP contribution in [0.5, 0.6) is 0 Å². The molecule has 29 heavy (non-hydrogen) atoms. The first-order valence-corrected chi connectivity index (χ1v) is 10.5. The van der Waals surface area contributed by atoms with Crippen LogP contribution < -0.4 is 10.2 Å². The van der Waals surface area contributed by atoms with Gasteiger partial charge in [-0.05, 0) is 37.1 Å². The number of hydrogen-bond donors (Lipinski definition) is 1. The smallest absolute Gasteiger partial charge is 0.257 e. The van der Waals surface area contributed by atoms with Crippen molar-refractivity contribution in [3.05, 3.63) is 70.2 Å². The van der Waals surface area contributed by atoms with Crippen molar-refractivity contribution in [2.24, 2.45) is 0 Å². The van der Waals surface area contributed by atoms with E-state index in [2.05, 4.69) is 28.5 Å². The lowest BCUT2D eigenvalue weighted by atomic mass is 10.1. The Labute approximate surface area is 173 Å². The number of para-hydroxylation sites is 1. The van der Waals surface area contributed by atoms with Gasteiger partial charge in [-0.2, -0.15) is 0 Å². The molecule has 1 aromatic heterocycles. The van der Waals surface area contributed by atoms with E-state index in [0.29, 0.717) is 23.7 Å². The molecule has 2 heterocycles. The Morgan fingerprint density at radius 2 is 2.03 bits per heavy atom. The number of hydrogen-bond acceptors (Lipinski definition) is 5. The number of carbonyl (C=O) groups excluding carboxylic acids is 2. The van der Waals surface area contributed by atoms with Gasteiger partial charge in [-0.15, -0.1) is 10.2 Å². The summed E-state index contributed by atoms with van der Waals surface area (Å²) in [6.45, 7) is 4.61. The molecule has 148 valence electrons. The van der Waals surface area contributed by atoms with Crippen LogP contribution in [0.1, 0.15) is 45.8 Å². The number of nitrogens with one attached hydrogen (secondary N) is 1. The molecular formula is C22H22N4O2S. The van der Waals surface area contributed by atoms with Gasteiger partial charge in [-0.25, -0.2) is 0 Å². The molecule has 0 aliphatic carbocycles. The van der Waals surface area contributed by atoms with Gasteiger partial charge in [0.2, 0.25) is 11.0 Å². The van der Waals surface area contributed by atoms with Crippen molar-refractivity contribution in [3.8, 4) is 0 Å². The number of aromatic nitrogens is 2. The third-order valence-corrected chi connectivity index (χ3v) is 6.08. The Hall–Kier alpha value is -3.06. The van der Waals surface area contributed by atoms with E-state index in [4.69, 9.17) is 0 Å². The second-order valence-electron chi connectivity index (χ2n) is 7.16. The van der Waals surface area contributed by atoms with Crippen LogP contribution in [0, 0.1) is 6.92 Å². The fourth-order valence-corrected chi connectivity index (χ4v) is 4.41. The van der Waals surface area contributed by atoms with E-state index in [9.17, 15) is 9.59 Å². The van der Waals surface area contributed by atoms with E-state index in [1.807, 2.05) is 48.2 Å². The highest BCUT2D eigenvalue weighted by molar-refractivity contribution is 7.15. The Bertz CT molecular complexity index is 1060. The average molecular weight is 407 g/mol. The molecule has 0 bridgehead atoms. The summed E-state index contributed by atoms with van der Waals surface area (Å²) in [5.74, 6) is -0.136. The van der Waals surface area contributed by atoms with Gasteiger partial charge in [0.15, 0.2) is 0 Å². The molecule has 6 nitrogen and oxygen atoms in total. The van der Waals surface area contributed by atoms with Crippen LogP contribution in [0.3, 0.4) is 0 Å². The molecule has 1 atom stereocenters. The predicted octanol–water partition coefficient (Wildman–Crippen LogP) is 4.18. The van der Waals surface area contributed by atoms with E-state index in [1.165, 1.54) is 11.3 Å². The molecular weight excluding hydrogens is 384 g/mol. The molecule has 2 amide bonds. The van der Waals surface area contributed by atoms with E-state index in [1.54, 1.807) is 6.07 Å². The van der Waals surface area contributed by atoms with Gasteiger partial charge < -0.3 is 4.90 Å². The van der Waals surface area contributed by atoms with Crippen LogP contribution in [-0.4, -0.2) is 28.6 Å². The van der Waals surface area contributed by atoms with Crippen LogP contribution in [0.15, 0.2) is 48.5 Å². The minimum Gasteiger partial charge on any atom is -0.311 e. The van der Waals surface area contributed by atoms with Crippen molar-refractivity contribution in [1.29, 1.82) is 0 Å². The van der Waals surface area contributed by atoms with Crippen molar-refractivity contribution in [1.82, 2.24) is 10.2 Å². The van der Waals surface area contributed by atoms with Crippen molar-refractivity contribution >= 4 is 34.0 Å². The monoisotopic (exact) mass is 406 g/mol. The quantitative estimate of drug-likeness (QED) is 0.690. The zero-order valence-corrected chi connectivity index (χ0v) is 17.2. The van der Waals surface area contributed by atoms with Gasteiger partial charge in [0, 0.05) is 30.1 Å². The Morgan fingerprint density at radius 1 is 1.21 bits per heavy atom. The normalized spacial score (nSPS) is 16.3. The summed E-state index contributed by atoms with van der Waals surface area (Å²) in [6, 6.07) is 15.4. The summed E-state index contributed by atoms with van der Waals surface area (Å²) < 4.78 is 0. The van der Waals surface area contributed by atoms with E-state index in [0.717, 1.165) is 28.2 Å². The van der Waals surface area contributed by atoms with Crippen LogP contribution in [0.2, 0.25) is 0 Å². The van der Waals surface area contributed by atoms with Crippen LogP contribution in [-0.2, 0) is 11.2 Å². The highest BCUT2D eigenvalue weighted by Gasteiger charge is 2.34. The maximum absolute atomic E-state index is 12.6. The van der Waals surface area contributed by atoms with E-state index < -0.39 is 0 Å². The van der Waals surface area contributed by atoms with Crippen LogP contribution in [0.4, 0.5) is 10.8 Å². The van der Waals surface area contributed by atoms with E-state index in [-0.39, 0.29) is 17.7 Å². The highest BCUT2D eigenvalue weighted by Crippen LogP contribution is 2.35. The Balaban J connectivity index is 1.47. The third kappa shape index (κ3) is 4.05. The summed E-state index contributed by atoms with van der Waals surface area (Å²) in [7, 11) is 0. The van der Waals surface area contributed by atoms with Gasteiger partial charge >= 0.3 is 0 Å². The average Bonchev–Trinajstić information content (AvgIpc) is 3.34. The SMILES string of the molecule is CCc1ccccc1N1CC(c2nnc(NC(=O)c3cccc(C)c3)s2)CC1=O. The number of anilines is 2. The number of rotatable bonds is 5. The maximum atomic E-state index is 12.6. The Kier molecular flexibility index (Phi) is 5.40. The van der Waals surface area contributed by atoms with Gasteiger partial charge in [-0.3, -0.25) is 14.9 Å². The standard InChI is InChI=1S/C22H22N4O2S/c1-3-15-8-4-5-10-18(15)26-13-17(12-19(26)27)21-24-25-22(29-21)23-20(28)16-9-6-7-14(2)11-16/h4-11,17H,3,12-13H2,1-2H3,(H,23,25,28). The molecule has 1 aliphatic heterocycles. The third-order valence-electron chi connectivity index (χ3n) is 5.08. The second-order valence-corrected chi connectivity index (χ2v) is 8.17. The minimum absolute atomic E-state index is 0.0189. The maximum Gasteiger partial charge on any atom is 0.257 e. The first-order chi connectivity index (χ1) is 14.0. The summed E-state index contributed by atoms with van der Waals surface area (Å²) in [4.78, 5) is 26.9. The number of nitrogens with zero attached hydrogens (tertiary/aromatic N) is 3. The van der Waals surface area contributed by atoms with Gasteiger partial charge in [-0.1, -0.05) is 54.2 Å². The molecule has 0 spiro atoms. The molecule has 2 aromatic carbocycles. The van der Waals surface area contributed by atoms with Crippen molar-refractivity contribution in [3.63, 3.8) is 0 Å². The van der Waals surface area contributed by atoms with Crippen molar-refractivity contribution in [2.45, 2.75) is 32.6 Å². The fraction of sp³-hybridized carbons (Fsp3) is 0.273. The zero-order chi connectivity index (χ0) is 20.4. The summed E-state index contributed by atoms with van der Waals surface area (Å²) in [6.07, 6.45) is 1.27.